The van der Waals surface area contributed by atoms with E-state index >= 15 is 0 Å². The van der Waals surface area contributed by atoms with E-state index in [1.807, 2.05) is 18.5 Å². The standard InChI is InChI=1S/C29H27N5/c1-33-15-17-34(18-16-33)27-12-10-24(20-31-27)23-9-11-26-25(19-23)28-22(13-14-30-29(28)32-26)8-7-21-5-3-2-4-6-21/h2-14,19-20H,15-18H2,1H3,(H,30,32). The maximum absolute atomic E-state index is 4.79. The maximum atomic E-state index is 4.79. The second-order valence-electron chi connectivity index (χ2n) is 8.95. The van der Waals surface area contributed by atoms with Crippen LogP contribution in [0.1, 0.15) is 11.1 Å². The van der Waals surface area contributed by atoms with Gasteiger partial charge in [0.2, 0.25) is 0 Å². The number of anilines is 1. The molecule has 5 aromatic rings. The SMILES string of the molecule is CN1CCN(c2ccc(-c3ccc4[nH]c5nccc(C=Cc6ccccc6)c5c4c3)cn2)CC1. The molecule has 1 fully saturated rings. The number of pyridine rings is 2. The second-order valence-corrected chi connectivity index (χ2v) is 8.95. The van der Waals surface area contributed by atoms with Gasteiger partial charge < -0.3 is 14.8 Å². The average molecular weight is 446 g/mol. The monoisotopic (exact) mass is 445 g/mol. The Morgan fingerprint density at radius 3 is 2.44 bits per heavy atom. The molecule has 2 aromatic carbocycles. The summed E-state index contributed by atoms with van der Waals surface area (Å²) in [5, 5.41) is 2.32. The number of aromatic amines is 1. The molecule has 1 aliphatic heterocycles. The highest BCUT2D eigenvalue weighted by Gasteiger charge is 2.15. The first kappa shape index (κ1) is 20.6. The van der Waals surface area contributed by atoms with Crippen molar-refractivity contribution >= 4 is 39.9 Å². The summed E-state index contributed by atoms with van der Waals surface area (Å²) in [7, 11) is 2.17. The predicted octanol–water partition coefficient (Wildman–Crippen LogP) is 5.70. The Morgan fingerprint density at radius 2 is 1.65 bits per heavy atom. The van der Waals surface area contributed by atoms with Gasteiger partial charge in [0.1, 0.15) is 11.5 Å². The fourth-order valence-corrected chi connectivity index (χ4v) is 4.69. The topological polar surface area (TPSA) is 48.0 Å². The normalized spacial score (nSPS) is 15.0. The molecule has 6 rings (SSSR count). The molecular weight excluding hydrogens is 418 g/mol. The van der Waals surface area contributed by atoms with Gasteiger partial charge in [-0.1, -0.05) is 48.6 Å². The number of hydrogen-bond acceptors (Lipinski definition) is 4. The molecule has 5 heteroatoms. The van der Waals surface area contributed by atoms with Crippen LogP contribution in [0.3, 0.4) is 0 Å². The van der Waals surface area contributed by atoms with Gasteiger partial charge in [-0.3, -0.25) is 0 Å². The van der Waals surface area contributed by atoms with Crippen LogP contribution in [0.4, 0.5) is 5.82 Å². The smallest absolute Gasteiger partial charge is 0.138 e. The van der Waals surface area contributed by atoms with Crippen molar-refractivity contribution in [2.45, 2.75) is 0 Å². The summed E-state index contributed by atoms with van der Waals surface area (Å²) in [5.74, 6) is 1.06. The van der Waals surface area contributed by atoms with Crippen LogP contribution in [0.5, 0.6) is 0 Å². The molecule has 0 spiro atoms. The minimum Gasteiger partial charge on any atom is -0.354 e. The molecule has 1 N–H and O–H groups in total. The van der Waals surface area contributed by atoms with E-state index in [2.05, 4.69) is 99.6 Å². The van der Waals surface area contributed by atoms with Crippen molar-refractivity contribution in [3.8, 4) is 11.1 Å². The molecule has 0 amide bonds. The number of likely N-dealkylation sites (N-methyl/N-ethyl adjacent to an activating group) is 1. The molecule has 34 heavy (non-hydrogen) atoms. The zero-order valence-corrected chi connectivity index (χ0v) is 19.3. The molecular formula is C29H27N5. The lowest BCUT2D eigenvalue weighted by Gasteiger charge is -2.33. The van der Waals surface area contributed by atoms with Crippen LogP contribution >= 0.6 is 0 Å². The quantitative estimate of drug-likeness (QED) is 0.385. The lowest BCUT2D eigenvalue weighted by Crippen LogP contribution is -2.44. The molecule has 0 unspecified atom stereocenters. The van der Waals surface area contributed by atoms with Gasteiger partial charge in [-0.25, -0.2) is 9.97 Å². The molecule has 1 aliphatic rings. The minimum atomic E-state index is 0.908. The van der Waals surface area contributed by atoms with E-state index in [0.717, 1.165) is 65.2 Å². The number of piperazine rings is 1. The summed E-state index contributed by atoms with van der Waals surface area (Å²) in [5.41, 5.74) is 6.62. The van der Waals surface area contributed by atoms with E-state index in [0.29, 0.717) is 0 Å². The Morgan fingerprint density at radius 1 is 0.824 bits per heavy atom. The Labute approximate surface area is 199 Å². The fourth-order valence-electron chi connectivity index (χ4n) is 4.69. The van der Waals surface area contributed by atoms with Crippen molar-refractivity contribution in [1.82, 2.24) is 19.9 Å². The van der Waals surface area contributed by atoms with Gasteiger partial charge in [-0.2, -0.15) is 0 Å². The van der Waals surface area contributed by atoms with E-state index in [9.17, 15) is 0 Å². The highest BCUT2D eigenvalue weighted by atomic mass is 15.3. The lowest BCUT2D eigenvalue weighted by molar-refractivity contribution is 0.312. The van der Waals surface area contributed by atoms with Crippen molar-refractivity contribution in [2.24, 2.45) is 0 Å². The zero-order chi connectivity index (χ0) is 22.9. The molecule has 1 saturated heterocycles. The number of aromatic nitrogens is 3. The van der Waals surface area contributed by atoms with Crippen LogP contribution in [-0.4, -0.2) is 53.1 Å². The molecule has 0 saturated carbocycles. The zero-order valence-electron chi connectivity index (χ0n) is 19.3. The molecule has 0 aliphatic carbocycles. The van der Waals surface area contributed by atoms with Gasteiger partial charge in [0.25, 0.3) is 0 Å². The van der Waals surface area contributed by atoms with E-state index in [-0.39, 0.29) is 0 Å². The molecule has 0 atom stereocenters. The Bertz CT molecular complexity index is 1460. The molecule has 168 valence electrons. The molecule has 5 nitrogen and oxygen atoms in total. The first-order valence-electron chi connectivity index (χ1n) is 11.8. The van der Waals surface area contributed by atoms with Crippen LogP contribution in [0.2, 0.25) is 0 Å². The van der Waals surface area contributed by atoms with Gasteiger partial charge in [-0.05, 0) is 54.1 Å². The maximum Gasteiger partial charge on any atom is 0.138 e. The van der Waals surface area contributed by atoms with Crippen LogP contribution in [0.25, 0.3) is 45.2 Å². The van der Waals surface area contributed by atoms with Gasteiger partial charge in [-0.15, -0.1) is 0 Å². The summed E-state index contributed by atoms with van der Waals surface area (Å²) in [6, 6.07) is 23.3. The van der Waals surface area contributed by atoms with E-state index in [1.54, 1.807) is 0 Å². The third-order valence-corrected chi connectivity index (χ3v) is 6.69. The number of benzene rings is 2. The van der Waals surface area contributed by atoms with Crippen molar-refractivity contribution in [3.05, 3.63) is 90.3 Å². The first-order chi connectivity index (χ1) is 16.7. The number of fused-ring (bicyclic) bond motifs is 3. The Hall–Kier alpha value is -3.96. The lowest BCUT2D eigenvalue weighted by atomic mass is 10.0. The number of nitrogens with one attached hydrogen (secondary N) is 1. The van der Waals surface area contributed by atoms with Crippen molar-refractivity contribution in [2.75, 3.05) is 38.1 Å². The summed E-state index contributed by atoms with van der Waals surface area (Å²) in [6.07, 6.45) is 8.19. The summed E-state index contributed by atoms with van der Waals surface area (Å²) in [4.78, 5) is 17.6. The Balaban J connectivity index is 1.36. The van der Waals surface area contributed by atoms with Crippen LogP contribution in [0, 0.1) is 0 Å². The van der Waals surface area contributed by atoms with Crippen molar-refractivity contribution in [3.63, 3.8) is 0 Å². The van der Waals surface area contributed by atoms with Gasteiger partial charge in [0, 0.05) is 60.4 Å². The highest BCUT2D eigenvalue weighted by molar-refractivity contribution is 6.11. The average Bonchev–Trinajstić information content (AvgIpc) is 3.27. The number of hydrogen-bond donors (Lipinski definition) is 1. The fraction of sp³-hybridized carbons (Fsp3) is 0.172. The van der Waals surface area contributed by atoms with Gasteiger partial charge >= 0.3 is 0 Å². The van der Waals surface area contributed by atoms with Crippen LogP contribution < -0.4 is 4.90 Å². The van der Waals surface area contributed by atoms with Crippen molar-refractivity contribution in [1.29, 1.82) is 0 Å². The van der Waals surface area contributed by atoms with Crippen molar-refractivity contribution < 1.29 is 0 Å². The van der Waals surface area contributed by atoms with Gasteiger partial charge in [0.15, 0.2) is 0 Å². The number of rotatable bonds is 4. The largest absolute Gasteiger partial charge is 0.354 e. The van der Waals surface area contributed by atoms with Crippen LogP contribution in [-0.2, 0) is 0 Å². The predicted molar refractivity (Wildman–Crippen MR) is 142 cm³/mol. The number of nitrogens with zero attached hydrogens (tertiary/aromatic N) is 4. The Kier molecular flexibility index (Phi) is 5.32. The molecule has 0 bridgehead atoms. The molecule has 4 heterocycles. The summed E-state index contributed by atoms with van der Waals surface area (Å²) in [6.45, 7) is 4.21. The number of H-pyrrole nitrogens is 1. The molecule has 3 aromatic heterocycles. The highest BCUT2D eigenvalue weighted by Crippen LogP contribution is 2.32. The van der Waals surface area contributed by atoms with E-state index < -0.39 is 0 Å². The van der Waals surface area contributed by atoms with E-state index in [1.165, 1.54) is 10.9 Å². The minimum absolute atomic E-state index is 0.908. The van der Waals surface area contributed by atoms with Gasteiger partial charge in [0.05, 0.1) is 0 Å². The second kappa shape index (κ2) is 8.76. The third-order valence-electron chi connectivity index (χ3n) is 6.69. The summed E-state index contributed by atoms with van der Waals surface area (Å²) >= 11 is 0. The van der Waals surface area contributed by atoms with Crippen LogP contribution in [0.15, 0.2) is 79.1 Å². The van der Waals surface area contributed by atoms with E-state index in [4.69, 9.17) is 4.98 Å². The third kappa shape index (κ3) is 3.95. The first-order valence-corrected chi connectivity index (χ1v) is 11.8. The summed E-state index contributed by atoms with van der Waals surface area (Å²) < 4.78 is 0. The molecule has 0 radical (unpaired) electrons.